The first-order valence-corrected chi connectivity index (χ1v) is 6.09. The molecule has 1 aromatic rings. The standard InChI is InChI=1S/C13H20N2O/c1-2-12-4-3-6-14-13(12)9-15-7-5-11(8-15)10-16/h3-4,6,11,16H,2,5,7-10H2,1H3. The largest absolute Gasteiger partial charge is 0.396 e. The maximum absolute atomic E-state index is 9.11. The van der Waals surface area contributed by atoms with Gasteiger partial charge in [-0.3, -0.25) is 9.88 Å². The second-order valence-corrected chi connectivity index (χ2v) is 4.54. The summed E-state index contributed by atoms with van der Waals surface area (Å²) in [5.74, 6) is 0.466. The lowest BCUT2D eigenvalue weighted by Crippen LogP contribution is -2.22. The molecule has 1 N–H and O–H groups in total. The summed E-state index contributed by atoms with van der Waals surface area (Å²) in [4.78, 5) is 6.85. The van der Waals surface area contributed by atoms with Crippen LogP contribution < -0.4 is 0 Å². The lowest BCUT2D eigenvalue weighted by Gasteiger charge is -2.16. The minimum absolute atomic E-state index is 0.319. The average Bonchev–Trinajstić information content (AvgIpc) is 2.77. The number of hydrogen-bond acceptors (Lipinski definition) is 3. The molecule has 3 heteroatoms. The number of hydrogen-bond donors (Lipinski definition) is 1. The molecule has 2 rings (SSSR count). The Labute approximate surface area is 97.1 Å². The zero-order valence-electron chi connectivity index (χ0n) is 9.89. The molecule has 1 unspecified atom stereocenters. The average molecular weight is 220 g/mol. The molecule has 3 nitrogen and oxygen atoms in total. The van der Waals surface area contributed by atoms with Crippen molar-refractivity contribution in [2.75, 3.05) is 19.7 Å². The normalized spacial score (nSPS) is 21.5. The Kier molecular flexibility index (Phi) is 3.91. The minimum atomic E-state index is 0.319. The molecule has 0 amide bonds. The van der Waals surface area contributed by atoms with Crippen molar-refractivity contribution in [1.29, 1.82) is 0 Å². The van der Waals surface area contributed by atoms with Crippen LogP contribution in [0.1, 0.15) is 24.6 Å². The second-order valence-electron chi connectivity index (χ2n) is 4.54. The highest BCUT2D eigenvalue weighted by molar-refractivity contribution is 5.19. The highest BCUT2D eigenvalue weighted by Gasteiger charge is 2.22. The Morgan fingerprint density at radius 3 is 3.12 bits per heavy atom. The van der Waals surface area contributed by atoms with Crippen LogP contribution in [-0.4, -0.2) is 34.7 Å². The van der Waals surface area contributed by atoms with Gasteiger partial charge in [-0.1, -0.05) is 13.0 Å². The van der Waals surface area contributed by atoms with Gasteiger partial charge in [-0.25, -0.2) is 0 Å². The lowest BCUT2D eigenvalue weighted by atomic mass is 10.1. The molecule has 0 spiro atoms. The van der Waals surface area contributed by atoms with E-state index >= 15 is 0 Å². The van der Waals surface area contributed by atoms with Crippen molar-refractivity contribution in [2.24, 2.45) is 5.92 Å². The Balaban J connectivity index is 1.99. The number of nitrogens with zero attached hydrogens (tertiary/aromatic N) is 2. The van der Waals surface area contributed by atoms with Crippen LogP contribution >= 0.6 is 0 Å². The summed E-state index contributed by atoms with van der Waals surface area (Å²) in [6.07, 6.45) is 4.03. The topological polar surface area (TPSA) is 36.4 Å². The Morgan fingerprint density at radius 2 is 2.44 bits per heavy atom. The van der Waals surface area contributed by atoms with Crippen molar-refractivity contribution < 1.29 is 5.11 Å². The van der Waals surface area contributed by atoms with Crippen LogP contribution in [0.5, 0.6) is 0 Å². The first-order valence-electron chi connectivity index (χ1n) is 6.09. The SMILES string of the molecule is CCc1cccnc1CN1CCC(CO)C1. The molecule has 0 aromatic carbocycles. The second kappa shape index (κ2) is 5.41. The summed E-state index contributed by atoms with van der Waals surface area (Å²) < 4.78 is 0. The molecule has 1 fully saturated rings. The molecule has 1 aromatic heterocycles. The van der Waals surface area contributed by atoms with Gasteiger partial charge in [-0.05, 0) is 36.9 Å². The molecular weight excluding hydrogens is 200 g/mol. The molecule has 0 radical (unpaired) electrons. The van der Waals surface area contributed by atoms with Crippen molar-refractivity contribution in [3.05, 3.63) is 29.6 Å². The lowest BCUT2D eigenvalue weighted by molar-refractivity contribution is 0.219. The van der Waals surface area contributed by atoms with E-state index in [1.165, 1.54) is 11.3 Å². The van der Waals surface area contributed by atoms with Crippen LogP contribution in [0, 0.1) is 5.92 Å². The van der Waals surface area contributed by atoms with Crippen LogP contribution in [0.4, 0.5) is 0 Å². The number of aryl methyl sites for hydroxylation is 1. The van der Waals surface area contributed by atoms with E-state index in [1.807, 2.05) is 12.3 Å². The first-order chi connectivity index (χ1) is 7.83. The summed E-state index contributed by atoms with van der Waals surface area (Å²) in [5, 5.41) is 9.11. The zero-order valence-corrected chi connectivity index (χ0v) is 9.89. The summed E-state index contributed by atoms with van der Waals surface area (Å²) in [7, 11) is 0. The van der Waals surface area contributed by atoms with Crippen LogP contribution in [-0.2, 0) is 13.0 Å². The van der Waals surface area contributed by atoms with Crippen LogP contribution in [0.3, 0.4) is 0 Å². The summed E-state index contributed by atoms with van der Waals surface area (Å²) in [5.41, 5.74) is 2.54. The van der Waals surface area contributed by atoms with Crippen molar-refractivity contribution >= 4 is 0 Å². The first kappa shape index (κ1) is 11.6. The highest BCUT2D eigenvalue weighted by Crippen LogP contribution is 2.18. The number of likely N-dealkylation sites (tertiary alicyclic amines) is 1. The van der Waals surface area contributed by atoms with Gasteiger partial charge in [0, 0.05) is 25.9 Å². The number of aliphatic hydroxyl groups is 1. The summed E-state index contributed by atoms with van der Waals surface area (Å²) >= 11 is 0. The van der Waals surface area contributed by atoms with Crippen LogP contribution in [0.15, 0.2) is 18.3 Å². The molecule has 2 heterocycles. The van der Waals surface area contributed by atoms with Gasteiger partial charge in [-0.2, -0.15) is 0 Å². The predicted octanol–water partition coefficient (Wildman–Crippen LogP) is 1.46. The van der Waals surface area contributed by atoms with E-state index in [9.17, 15) is 0 Å². The highest BCUT2D eigenvalue weighted by atomic mass is 16.3. The van der Waals surface area contributed by atoms with Gasteiger partial charge in [0.1, 0.15) is 0 Å². The third-order valence-electron chi connectivity index (χ3n) is 3.37. The quantitative estimate of drug-likeness (QED) is 0.834. The predicted molar refractivity (Wildman–Crippen MR) is 64.1 cm³/mol. The molecule has 1 saturated heterocycles. The van der Waals surface area contributed by atoms with Crippen molar-refractivity contribution in [1.82, 2.24) is 9.88 Å². The fourth-order valence-corrected chi connectivity index (χ4v) is 2.35. The molecule has 88 valence electrons. The molecule has 0 saturated carbocycles. The van der Waals surface area contributed by atoms with Crippen molar-refractivity contribution in [3.63, 3.8) is 0 Å². The van der Waals surface area contributed by atoms with E-state index in [1.54, 1.807) is 0 Å². The molecular formula is C13H20N2O. The number of rotatable bonds is 4. The maximum atomic E-state index is 9.11. The fraction of sp³-hybridized carbons (Fsp3) is 0.615. The zero-order chi connectivity index (χ0) is 11.4. The van der Waals surface area contributed by atoms with E-state index < -0.39 is 0 Å². The molecule has 1 aliphatic heterocycles. The third-order valence-corrected chi connectivity index (χ3v) is 3.37. The monoisotopic (exact) mass is 220 g/mol. The van der Waals surface area contributed by atoms with E-state index in [2.05, 4.69) is 22.9 Å². The number of aromatic nitrogens is 1. The minimum Gasteiger partial charge on any atom is -0.396 e. The third kappa shape index (κ3) is 2.60. The van der Waals surface area contributed by atoms with Gasteiger partial charge in [-0.15, -0.1) is 0 Å². The number of aliphatic hydroxyl groups excluding tert-OH is 1. The summed E-state index contributed by atoms with van der Waals surface area (Å²) in [6.45, 7) is 5.52. The molecule has 16 heavy (non-hydrogen) atoms. The summed E-state index contributed by atoms with van der Waals surface area (Å²) in [6, 6.07) is 4.16. The van der Waals surface area contributed by atoms with Gasteiger partial charge in [0.15, 0.2) is 0 Å². The Hall–Kier alpha value is -0.930. The molecule has 1 atom stereocenters. The molecule has 1 aliphatic rings. The van der Waals surface area contributed by atoms with Gasteiger partial charge in [0.2, 0.25) is 0 Å². The Bertz CT molecular complexity index is 340. The van der Waals surface area contributed by atoms with E-state index in [0.29, 0.717) is 12.5 Å². The van der Waals surface area contributed by atoms with E-state index in [0.717, 1.165) is 32.5 Å². The smallest absolute Gasteiger partial charge is 0.0575 e. The van der Waals surface area contributed by atoms with Crippen LogP contribution in [0.25, 0.3) is 0 Å². The van der Waals surface area contributed by atoms with E-state index in [-0.39, 0.29) is 0 Å². The van der Waals surface area contributed by atoms with Crippen molar-refractivity contribution in [2.45, 2.75) is 26.3 Å². The van der Waals surface area contributed by atoms with Gasteiger partial charge in [0.25, 0.3) is 0 Å². The fourth-order valence-electron chi connectivity index (χ4n) is 2.35. The molecule has 0 aliphatic carbocycles. The maximum Gasteiger partial charge on any atom is 0.0575 e. The van der Waals surface area contributed by atoms with E-state index in [4.69, 9.17) is 5.11 Å². The van der Waals surface area contributed by atoms with Crippen LogP contribution in [0.2, 0.25) is 0 Å². The number of pyridine rings is 1. The van der Waals surface area contributed by atoms with Gasteiger partial charge >= 0.3 is 0 Å². The molecule has 0 bridgehead atoms. The van der Waals surface area contributed by atoms with Crippen molar-refractivity contribution in [3.8, 4) is 0 Å². The van der Waals surface area contributed by atoms with Gasteiger partial charge < -0.3 is 5.11 Å². The Morgan fingerprint density at radius 1 is 1.56 bits per heavy atom. The van der Waals surface area contributed by atoms with Gasteiger partial charge in [0.05, 0.1) is 5.69 Å².